The fourth-order valence-electron chi connectivity index (χ4n) is 0.500. The van der Waals surface area contributed by atoms with Crippen molar-refractivity contribution >= 4 is 5.69 Å². The molecule has 0 aliphatic rings. The van der Waals surface area contributed by atoms with Gasteiger partial charge in [-0.3, -0.25) is 10.1 Å². The first kappa shape index (κ1) is 9.72. The number of nitro groups is 1. The first-order valence-electron chi connectivity index (χ1n) is 2.41. The van der Waals surface area contributed by atoms with Gasteiger partial charge in [-0.25, -0.2) is 0 Å². The fraction of sp³-hybridized carbons (Fsp3) is 0. The van der Waals surface area contributed by atoms with E-state index in [1.807, 2.05) is 0 Å². The molecule has 1 radical (unpaired) electrons. The summed E-state index contributed by atoms with van der Waals surface area (Å²) in [5.41, 5.74) is 0.105. The molecule has 0 spiro atoms. The summed E-state index contributed by atoms with van der Waals surface area (Å²) in [5, 5.41) is 9.99. The molecule has 0 fully saturated rings. The molecular formula is C6H4NO2Y-. The van der Waals surface area contributed by atoms with E-state index in [1.54, 1.807) is 0 Å². The predicted octanol–water partition coefficient (Wildman–Crippen LogP) is 1.39. The molecule has 1 rings (SSSR count). The van der Waals surface area contributed by atoms with Crippen molar-refractivity contribution in [1.82, 2.24) is 0 Å². The van der Waals surface area contributed by atoms with E-state index in [0.29, 0.717) is 0 Å². The number of non-ortho nitro benzene ring substituents is 1. The minimum Gasteiger partial charge on any atom is -0.260 e. The zero-order valence-electron chi connectivity index (χ0n) is 5.15. The van der Waals surface area contributed by atoms with Crippen LogP contribution in [0.15, 0.2) is 24.3 Å². The van der Waals surface area contributed by atoms with Crippen LogP contribution in [-0.2, 0) is 32.7 Å². The van der Waals surface area contributed by atoms with E-state index in [0.717, 1.165) is 0 Å². The molecule has 0 aliphatic heterocycles. The Morgan fingerprint density at radius 3 is 2.20 bits per heavy atom. The van der Waals surface area contributed by atoms with Crippen molar-refractivity contribution in [3.05, 3.63) is 40.4 Å². The Balaban J connectivity index is 0.000000810. The molecule has 0 unspecified atom stereocenters. The monoisotopic (exact) mass is 211 g/mol. The molecule has 49 valence electrons. The van der Waals surface area contributed by atoms with Crippen molar-refractivity contribution in [2.45, 2.75) is 0 Å². The van der Waals surface area contributed by atoms with Gasteiger partial charge in [-0.05, 0) is 0 Å². The normalized spacial score (nSPS) is 8.00. The summed E-state index contributed by atoms with van der Waals surface area (Å²) in [6.07, 6.45) is 0. The second-order valence-electron chi connectivity index (χ2n) is 1.52. The minimum atomic E-state index is -0.437. The SMILES string of the molecule is O=[N+]([O-])c1cc[c-]cc1.[Y]. The summed E-state index contributed by atoms with van der Waals surface area (Å²) in [7, 11) is 0. The Morgan fingerprint density at radius 1 is 1.40 bits per heavy atom. The maximum atomic E-state index is 9.99. The Kier molecular flexibility index (Phi) is 4.40. The molecule has 4 heteroatoms. The summed E-state index contributed by atoms with van der Waals surface area (Å²) in [6, 6.07) is 8.51. The molecule has 0 heterocycles. The van der Waals surface area contributed by atoms with Crippen LogP contribution >= 0.6 is 0 Å². The van der Waals surface area contributed by atoms with Crippen LogP contribution in [0.2, 0.25) is 0 Å². The Morgan fingerprint density at radius 2 is 1.90 bits per heavy atom. The van der Waals surface area contributed by atoms with Crippen LogP contribution < -0.4 is 0 Å². The summed E-state index contributed by atoms with van der Waals surface area (Å²) in [4.78, 5) is 9.56. The van der Waals surface area contributed by atoms with Crippen LogP contribution in [0, 0.1) is 16.2 Å². The van der Waals surface area contributed by atoms with Crippen molar-refractivity contribution in [2.24, 2.45) is 0 Å². The molecule has 0 saturated carbocycles. The minimum absolute atomic E-state index is 0. The van der Waals surface area contributed by atoms with Crippen LogP contribution in [0.4, 0.5) is 5.69 Å². The first-order valence-corrected chi connectivity index (χ1v) is 2.41. The van der Waals surface area contributed by atoms with E-state index < -0.39 is 4.92 Å². The number of rotatable bonds is 1. The van der Waals surface area contributed by atoms with E-state index in [-0.39, 0.29) is 38.4 Å². The summed E-state index contributed by atoms with van der Waals surface area (Å²) >= 11 is 0. The second-order valence-corrected chi connectivity index (χ2v) is 1.52. The van der Waals surface area contributed by atoms with Gasteiger partial charge in [0.1, 0.15) is 0 Å². The van der Waals surface area contributed by atoms with E-state index in [4.69, 9.17) is 0 Å². The fourth-order valence-corrected chi connectivity index (χ4v) is 0.500. The van der Waals surface area contributed by atoms with Crippen LogP contribution in [0.3, 0.4) is 0 Å². The molecule has 0 aromatic heterocycles. The Bertz CT molecular complexity index is 212. The third-order valence-electron chi connectivity index (χ3n) is 0.911. The van der Waals surface area contributed by atoms with E-state index in [2.05, 4.69) is 6.07 Å². The standard InChI is InChI=1S/C6H4NO2.Y/c8-7(9)6-4-2-1-3-5-6;/h2-5H;/q-1;. The summed E-state index contributed by atoms with van der Waals surface area (Å²) < 4.78 is 0. The number of nitro benzene ring substituents is 1. The largest absolute Gasteiger partial charge is 0.260 e. The molecule has 0 atom stereocenters. The van der Waals surface area contributed by atoms with Crippen molar-refractivity contribution < 1.29 is 37.6 Å². The Labute approximate surface area is 83.5 Å². The molecule has 0 bridgehead atoms. The smallest absolute Gasteiger partial charge is 0.166 e. The number of hydrogen-bond donors (Lipinski definition) is 0. The average molecular weight is 211 g/mol. The van der Waals surface area contributed by atoms with Crippen LogP contribution in [0.25, 0.3) is 0 Å². The van der Waals surface area contributed by atoms with Gasteiger partial charge in [-0.15, -0.1) is 0 Å². The first-order chi connectivity index (χ1) is 4.30. The molecule has 0 saturated heterocycles. The summed E-state index contributed by atoms with van der Waals surface area (Å²) in [5.74, 6) is 0. The molecule has 0 aliphatic carbocycles. The van der Waals surface area contributed by atoms with Crippen LogP contribution in [0.1, 0.15) is 0 Å². The van der Waals surface area contributed by atoms with Crippen LogP contribution in [-0.4, -0.2) is 4.92 Å². The van der Waals surface area contributed by atoms with Gasteiger partial charge >= 0.3 is 0 Å². The van der Waals surface area contributed by atoms with Crippen molar-refractivity contribution in [1.29, 1.82) is 0 Å². The van der Waals surface area contributed by atoms with Gasteiger partial charge in [0.15, 0.2) is 5.69 Å². The third-order valence-corrected chi connectivity index (χ3v) is 0.911. The quantitative estimate of drug-likeness (QED) is 0.400. The molecule has 3 nitrogen and oxygen atoms in total. The third kappa shape index (κ3) is 2.54. The number of benzene rings is 1. The van der Waals surface area contributed by atoms with Gasteiger partial charge in [0.2, 0.25) is 0 Å². The number of nitrogens with zero attached hydrogens (tertiary/aromatic N) is 1. The van der Waals surface area contributed by atoms with Gasteiger partial charge in [-0.2, -0.15) is 18.2 Å². The van der Waals surface area contributed by atoms with E-state index in [1.165, 1.54) is 24.3 Å². The molecular weight excluding hydrogens is 207 g/mol. The van der Waals surface area contributed by atoms with Crippen molar-refractivity contribution in [3.8, 4) is 0 Å². The zero-order chi connectivity index (χ0) is 6.69. The maximum absolute atomic E-state index is 9.99. The molecule has 10 heavy (non-hydrogen) atoms. The topological polar surface area (TPSA) is 43.1 Å². The second kappa shape index (κ2) is 4.53. The van der Waals surface area contributed by atoms with Gasteiger partial charge in [0, 0.05) is 37.6 Å². The molecule has 1 aromatic rings. The van der Waals surface area contributed by atoms with Gasteiger partial charge in [0.05, 0.1) is 0 Å². The number of hydrogen-bond acceptors (Lipinski definition) is 2. The van der Waals surface area contributed by atoms with Gasteiger partial charge in [-0.1, -0.05) is 12.1 Å². The van der Waals surface area contributed by atoms with E-state index >= 15 is 0 Å². The van der Waals surface area contributed by atoms with Gasteiger partial charge < -0.3 is 0 Å². The molecule has 1 aromatic carbocycles. The maximum Gasteiger partial charge on any atom is 0.166 e. The molecule has 0 N–H and O–H groups in total. The van der Waals surface area contributed by atoms with E-state index in [9.17, 15) is 10.1 Å². The zero-order valence-corrected chi connectivity index (χ0v) is 7.99. The Hall–Kier alpha value is -0.276. The van der Waals surface area contributed by atoms with Crippen molar-refractivity contribution in [3.63, 3.8) is 0 Å². The van der Waals surface area contributed by atoms with Crippen molar-refractivity contribution in [2.75, 3.05) is 0 Å². The average Bonchev–Trinajstić information content (AvgIpc) is 1.90. The summed E-state index contributed by atoms with van der Waals surface area (Å²) in [6.45, 7) is 0. The van der Waals surface area contributed by atoms with Gasteiger partial charge in [0.25, 0.3) is 0 Å². The van der Waals surface area contributed by atoms with Crippen LogP contribution in [0.5, 0.6) is 0 Å². The molecule has 0 amide bonds. The predicted molar refractivity (Wildman–Crippen MR) is 31.9 cm³/mol.